The van der Waals surface area contributed by atoms with Crippen LogP contribution in [0.5, 0.6) is 11.5 Å². The van der Waals surface area contributed by atoms with Gasteiger partial charge in [-0.1, -0.05) is 18.2 Å². The summed E-state index contributed by atoms with van der Waals surface area (Å²) in [6.45, 7) is 0. The Kier molecular flexibility index (Phi) is 6.26. The molecule has 0 saturated heterocycles. The summed E-state index contributed by atoms with van der Waals surface area (Å²) in [5.74, 6) is -1.63. The average molecular weight is 431 g/mol. The molecule has 3 aromatic rings. The van der Waals surface area contributed by atoms with Crippen LogP contribution in [0, 0.1) is 0 Å². The van der Waals surface area contributed by atoms with Gasteiger partial charge in [-0.3, -0.25) is 4.79 Å². The molecule has 3 aromatic carbocycles. The second kappa shape index (κ2) is 8.88. The van der Waals surface area contributed by atoms with Gasteiger partial charge in [-0.2, -0.15) is 13.2 Å². The van der Waals surface area contributed by atoms with Gasteiger partial charge in [0, 0.05) is 5.69 Å². The van der Waals surface area contributed by atoms with Crippen LogP contribution in [-0.2, 0) is 11.0 Å². The monoisotopic (exact) mass is 431 g/mol. The van der Waals surface area contributed by atoms with Crippen molar-refractivity contribution in [3.63, 3.8) is 0 Å². The number of hydrogen-bond donors (Lipinski definition) is 3. The van der Waals surface area contributed by atoms with Crippen LogP contribution < -0.4 is 10.1 Å². The molecule has 0 aromatic heterocycles. The van der Waals surface area contributed by atoms with E-state index in [1.807, 2.05) is 0 Å². The van der Waals surface area contributed by atoms with E-state index in [0.29, 0.717) is 5.69 Å². The lowest BCUT2D eigenvalue weighted by Gasteiger charge is -2.13. The molecule has 3 N–H and O–H groups in total. The third kappa shape index (κ3) is 5.61. The number of aromatic carboxylic acids is 1. The molecule has 0 bridgehead atoms. The highest BCUT2D eigenvalue weighted by Crippen LogP contribution is 2.33. The lowest BCUT2D eigenvalue weighted by atomic mass is 10.1. The molecule has 0 aliphatic rings. The molecular formula is C22H16F3NO5. The second-order valence-electron chi connectivity index (χ2n) is 6.47. The van der Waals surface area contributed by atoms with Crippen molar-refractivity contribution >= 4 is 17.6 Å². The zero-order valence-corrected chi connectivity index (χ0v) is 15.8. The van der Waals surface area contributed by atoms with Crippen LogP contribution in [0.3, 0.4) is 0 Å². The molecule has 1 unspecified atom stereocenters. The molecule has 0 aliphatic carbocycles. The maximum atomic E-state index is 12.8. The van der Waals surface area contributed by atoms with E-state index < -0.39 is 29.7 Å². The first-order valence-corrected chi connectivity index (χ1v) is 8.91. The van der Waals surface area contributed by atoms with Gasteiger partial charge in [0.05, 0.1) is 11.1 Å². The van der Waals surface area contributed by atoms with Crippen molar-refractivity contribution in [1.82, 2.24) is 0 Å². The summed E-state index contributed by atoms with van der Waals surface area (Å²) in [7, 11) is 0. The Labute approximate surface area is 174 Å². The second-order valence-corrected chi connectivity index (χ2v) is 6.47. The van der Waals surface area contributed by atoms with E-state index >= 15 is 0 Å². The van der Waals surface area contributed by atoms with Gasteiger partial charge in [0.1, 0.15) is 11.5 Å². The van der Waals surface area contributed by atoms with E-state index in [0.717, 1.165) is 12.1 Å². The number of rotatable bonds is 6. The summed E-state index contributed by atoms with van der Waals surface area (Å²) in [6.07, 6.45) is -6.02. The number of carboxylic acids is 1. The predicted molar refractivity (Wildman–Crippen MR) is 105 cm³/mol. The van der Waals surface area contributed by atoms with Crippen molar-refractivity contribution in [2.75, 3.05) is 5.32 Å². The number of nitrogens with one attached hydrogen (secondary N) is 1. The number of amides is 1. The Bertz CT molecular complexity index is 1080. The highest BCUT2D eigenvalue weighted by molar-refractivity contribution is 5.95. The van der Waals surface area contributed by atoms with Crippen LogP contribution >= 0.6 is 0 Å². The number of alkyl halides is 3. The first kappa shape index (κ1) is 21.8. The molecule has 1 amide bonds. The van der Waals surface area contributed by atoms with Gasteiger partial charge >= 0.3 is 12.1 Å². The average Bonchev–Trinajstić information content (AvgIpc) is 2.74. The summed E-state index contributed by atoms with van der Waals surface area (Å²) in [5.41, 5.74) is -0.255. The Balaban J connectivity index is 1.65. The first-order valence-electron chi connectivity index (χ1n) is 8.91. The minimum atomic E-state index is -4.49. The van der Waals surface area contributed by atoms with Gasteiger partial charge in [-0.15, -0.1) is 0 Å². The smallest absolute Gasteiger partial charge is 0.416 e. The Morgan fingerprint density at radius 2 is 1.55 bits per heavy atom. The van der Waals surface area contributed by atoms with Crippen molar-refractivity contribution in [2.24, 2.45) is 0 Å². The molecule has 9 heteroatoms. The highest BCUT2D eigenvalue weighted by atomic mass is 19.4. The molecule has 0 saturated carbocycles. The van der Waals surface area contributed by atoms with Crippen LogP contribution in [0.1, 0.15) is 27.6 Å². The van der Waals surface area contributed by atoms with Crippen molar-refractivity contribution < 1.29 is 37.7 Å². The molecule has 0 radical (unpaired) electrons. The predicted octanol–water partition coefficient (Wildman–Crippen LogP) is 4.87. The molecule has 1 atom stereocenters. The lowest BCUT2D eigenvalue weighted by Crippen LogP contribution is -2.20. The molecule has 6 nitrogen and oxygen atoms in total. The van der Waals surface area contributed by atoms with Crippen molar-refractivity contribution in [1.29, 1.82) is 0 Å². The van der Waals surface area contributed by atoms with Crippen molar-refractivity contribution in [2.45, 2.75) is 12.3 Å². The molecule has 0 heterocycles. The first-order chi connectivity index (χ1) is 14.6. The molecule has 160 valence electrons. The van der Waals surface area contributed by atoms with E-state index in [4.69, 9.17) is 9.84 Å². The van der Waals surface area contributed by atoms with Crippen LogP contribution in [0.4, 0.5) is 18.9 Å². The van der Waals surface area contributed by atoms with Crippen LogP contribution in [0.25, 0.3) is 0 Å². The van der Waals surface area contributed by atoms with Crippen molar-refractivity contribution in [3.05, 3.63) is 89.5 Å². The maximum Gasteiger partial charge on any atom is 0.416 e. The standard InChI is InChI=1S/C22H16F3NO5/c23-22(24,25)15-2-1-3-18(12-15)31-17-10-6-13(7-11-17)19(27)20(28)26-16-8-4-14(5-9-16)21(29)30/h1-12,19,27H,(H,26,28)(H,29,30). The Hall–Kier alpha value is -3.85. The topological polar surface area (TPSA) is 95.9 Å². The highest BCUT2D eigenvalue weighted by Gasteiger charge is 2.30. The summed E-state index contributed by atoms with van der Waals surface area (Å²) in [5, 5.41) is 21.6. The number of hydrogen-bond acceptors (Lipinski definition) is 4. The summed E-state index contributed by atoms with van der Waals surface area (Å²) in [4.78, 5) is 23.1. The number of carbonyl (C=O) groups is 2. The lowest BCUT2D eigenvalue weighted by molar-refractivity contribution is -0.137. The third-order valence-corrected chi connectivity index (χ3v) is 4.24. The fourth-order valence-electron chi connectivity index (χ4n) is 2.65. The van der Waals surface area contributed by atoms with Gasteiger partial charge in [-0.05, 0) is 60.2 Å². The minimum absolute atomic E-state index is 0.00863. The molecule has 3 rings (SSSR count). The number of ether oxygens (including phenoxy) is 1. The fraction of sp³-hybridized carbons (Fsp3) is 0.0909. The Morgan fingerprint density at radius 1 is 0.903 bits per heavy atom. The van der Waals surface area contributed by atoms with Gasteiger partial charge in [0.15, 0.2) is 6.10 Å². The molecule has 31 heavy (non-hydrogen) atoms. The normalized spacial score (nSPS) is 12.1. The fourth-order valence-corrected chi connectivity index (χ4v) is 2.65. The number of aliphatic hydroxyl groups excluding tert-OH is 1. The zero-order valence-electron chi connectivity index (χ0n) is 15.8. The van der Waals surface area contributed by atoms with Crippen LogP contribution in [0.2, 0.25) is 0 Å². The summed E-state index contributed by atoms with van der Waals surface area (Å²) in [6, 6.07) is 15.4. The van der Waals surface area contributed by atoms with E-state index in [1.165, 1.54) is 60.7 Å². The summed E-state index contributed by atoms with van der Waals surface area (Å²) < 4.78 is 43.8. The minimum Gasteiger partial charge on any atom is -0.478 e. The molecule has 0 aliphatic heterocycles. The number of anilines is 1. The number of halogens is 3. The molecule has 0 fully saturated rings. The third-order valence-electron chi connectivity index (χ3n) is 4.24. The van der Waals surface area contributed by atoms with E-state index in [1.54, 1.807) is 0 Å². The zero-order chi connectivity index (χ0) is 22.6. The van der Waals surface area contributed by atoms with E-state index in [-0.39, 0.29) is 22.6 Å². The number of carbonyl (C=O) groups excluding carboxylic acids is 1. The van der Waals surface area contributed by atoms with Crippen molar-refractivity contribution in [3.8, 4) is 11.5 Å². The quantitative estimate of drug-likeness (QED) is 0.518. The number of carboxylic acid groups (broad SMARTS) is 1. The van der Waals surface area contributed by atoms with Crippen LogP contribution in [0.15, 0.2) is 72.8 Å². The van der Waals surface area contributed by atoms with Gasteiger partial charge in [0.2, 0.25) is 0 Å². The largest absolute Gasteiger partial charge is 0.478 e. The summed E-state index contributed by atoms with van der Waals surface area (Å²) >= 11 is 0. The number of aliphatic hydroxyl groups is 1. The maximum absolute atomic E-state index is 12.8. The number of benzene rings is 3. The SMILES string of the molecule is O=C(O)c1ccc(NC(=O)C(O)c2ccc(Oc3cccc(C(F)(F)F)c3)cc2)cc1. The van der Waals surface area contributed by atoms with Crippen LogP contribution in [-0.4, -0.2) is 22.1 Å². The van der Waals surface area contributed by atoms with Gasteiger partial charge < -0.3 is 20.3 Å². The Morgan fingerprint density at radius 3 is 2.13 bits per heavy atom. The van der Waals surface area contributed by atoms with E-state index in [9.17, 15) is 27.9 Å². The van der Waals surface area contributed by atoms with Gasteiger partial charge in [-0.25, -0.2) is 4.79 Å². The molecular weight excluding hydrogens is 415 g/mol. The molecule has 0 spiro atoms. The van der Waals surface area contributed by atoms with E-state index in [2.05, 4.69) is 5.32 Å². The van der Waals surface area contributed by atoms with Gasteiger partial charge in [0.25, 0.3) is 5.91 Å².